The van der Waals surface area contributed by atoms with Gasteiger partial charge in [0.15, 0.2) is 12.9 Å². The van der Waals surface area contributed by atoms with E-state index in [1.165, 1.54) is 0 Å². The fourth-order valence-electron chi connectivity index (χ4n) is 9.43. The van der Waals surface area contributed by atoms with Crippen LogP contribution in [0.5, 0.6) is 11.5 Å². The van der Waals surface area contributed by atoms with Gasteiger partial charge in [0.1, 0.15) is 33.4 Å². The second-order valence-electron chi connectivity index (χ2n) is 16.4. The van der Waals surface area contributed by atoms with E-state index in [1.54, 1.807) is 18.2 Å². The maximum Gasteiger partial charge on any atom is 0.453 e. The lowest BCUT2D eigenvalue weighted by atomic mass is 9.99. The van der Waals surface area contributed by atoms with Gasteiger partial charge in [-0.05, 0) is 91.6 Å². The standard InChI is InChI=1S/C58H35O7P3/c59-68(42-20-2-1-3-21-42,53-28-14-12-26-47(53)60-66-62-49-34-30-38-16-4-8-22-43(38)55(49)56-44-23-9-5-17-39(44)31-35-50(56)63-66)54-29-15-13-27-48(54)61-67-64-51-36-32-40-18-6-10-24-45(40)57(51)58-46-25-11-7-19-41(46)33-37-52(58)65-67/h1-14,16-28,30-37H. The predicted molar refractivity (Wildman–Crippen MR) is 278 cm³/mol. The molecule has 0 aliphatic rings. The number of benzene rings is 10. The Morgan fingerprint density at radius 2 is 0.765 bits per heavy atom. The van der Waals surface area contributed by atoms with Gasteiger partial charge in [-0.1, -0.05) is 176 Å². The van der Waals surface area contributed by atoms with Gasteiger partial charge in [-0.3, -0.25) is 0 Å². The average molecular weight is 937 g/mol. The van der Waals surface area contributed by atoms with E-state index in [-0.39, 0.29) is 11.1 Å². The minimum atomic E-state index is -3.94. The molecule has 68 heavy (non-hydrogen) atoms. The molecule has 0 spiro atoms. The van der Waals surface area contributed by atoms with Gasteiger partial charge in [0, 0.05) is 26.8 Å². The molecule has 2 aromatic heterocycles. The van der Waals surface area contributed by atoms with Crippen LogP contribution in [0.2, 0.25) is 0 Å². The van der Waals surface area contributed by atoms with Crippen molar-refractivity contribution in [3.63, 3.8) is 0 Å². The highest BCUT2D eigenvalue weighted by Crippen LogP contribution is 2.51. The molecule has 1 unspecified atom stereocenters. The first-order chi connectivity index (χ1) is 33.6. The zero-order chi connectivity index (χ0) is 45.2. The summed E-state index contributed by atoms with van der Waals surface area (Å²) in [4.78, 5) is 0. The van der Waals surface area contributed by atoms with E-state index in [1.807, 2.05) is 146 Å². The van der Waals surface area contributed by atoms with E-state index < -0.39 is 23.6 Å². The van der Waals surface area contributed by atoms with Crippen LogP contribution in [0, 0.1) is 12.1 Å². The maximum atomic E-state index is 16.7. The third kappa shape index (κ3) is 6.65. The first-order valence-electron chi connectivity index (χ1n) is 22.0. The van der Waals surface area contributed by atoms with E-state index in [9.17, 15) is 0 Å². The van der Waals surface area contributed by atoms with Crippen molar-refractivity contribution in [1.82, 2.24) is 0 Å². The molecule has 7 nitrogen and oxygen atoms in total. The molecule has 0 bridgehead atoms. The summed E-state index contributed by atoms with van der Waals surface area (Å²) < 4.78 is 57.6. The minimum Gasteiger partial charge on any atom is -0.390 e. The van der Waals surface area contributed by atoms with Crippen LogP contribution in [0.4, 0.5) is 0 Å². The number of hydrogen-bond acceptors (Lipinski definition) is 7. The Bertz CT molecular complexity index is 3830. The Kier molecular flexibility index (Phi) is 9.67. The molecule has 2 heterocycles. The molecule has 0 saturated heterocycles. The van der Waals surface area contributed by atoms with Crippen LogP contribution in [0.25, 0.3) is 87.0 Å². The maximum absolute atomic E-state index is 16.7. The van der Waals surface area contributed by atoms with Crippen molar-refractivity contribution in [3.8, 4) is 11.5 Å². The Hall–Kier alpha value is -8.09. The first-order valence-corrected chi connectivity index (χ1v) is 25.9. The van der Waals surface area contributed by atoms with Crippen LogP contribution < -0.4 is 25.0 Å². The summed E-state index contributed by atoms with van der Waals surface area (Å²) in [6.45, 7) is 0. The number of para-hydroxylation sites is 1. The molecule has 0 N–H and O–H groups in total. The second kappa shape index (κ2) is 16.4. The SMILES string of the molecule is O=P(c1ccccc1)(c1c#cccc1Op1oc2ccc3ccccc3c2c2c(ccc3ccccc32)o1)c1ccccc1Op1oc2ccc3ccccc3c2c2c(ccc3ccccc32)o1. The van der Waals surface area contributed by atoms with Gasteiger partial charge in [-0.2, -0.15) is 0 Å². The van der Waals surface area contributed by atoms with E-state index in [4.69, 9.17) is 25.8 Å². The van der Waals surface area contributed by atoms with Gasteiger partial charge >= 0.3 is 16.5 Å². The number of fused-ring (bicyclic) bond motifs is 14. The van der Waals surface area contributed by atoms with E-state index in [2.05, 4.69) is 60.7 Å². The fraction of sp³-hybridized carbons (Fsp3) is 0. The molecule has 11 aromatic carbocycles. The highest BCUT2D eigenvalue weighted by molar-refractivity contribution is 7.85. The van der Waals surface area contributed by atoms with Gasteiger partial charge in [-0.25, -0.2) is 0 Å². The minimum absolute atomic E-state index is 0.262. The van der Waals surface area contributed by atoms with Gasteiger partial charge in [0.05, 0.1) is 5.30 Å². The molecule has 0 amide bonds. The molecular weight excluding hydrogens is 902 g/mol. The smallest absolute Gasteiger partial charge is 0.390 e. The van der Waals surface area contributed by atoms with E-state index in [0.29, 0.717) is 38.7 Å². The van der Waals surface area contributed by atoms with Crippen LogP contribution in [0.15, 0.2) is 229 Å². The molecule has 13 rings (SSSR count). The number of rotatable bonds is 7. The molecular formula is C58H35O7P3. The molecule has 0 radical (unpaired) electrons. The quantitative estimate of drug-likeness (QED) is 0.147. The van der Waals surface area contributed by atoms with E-state index >= 15 is 4.57 Å². The normalized spacial score (nSPS) is 11.8. The fourth-order valence-corrected chi connectivity index (χ4v) is 14.4. The highest BCUT2D eigenvalue weighted by atomic mass is 31.2. The second-order valence-corrected chi connectivity index (χ2v) is 21.0. The molecule has 1 atom stereocenters. The predicted octanol–water partition coefficient (Wildman–Crippen LogP) is 16.4. The van der Waals surface area contributed by atoms with Crippen LogP contribution in [0.3, 0.4) is 0 Å². The van der Waals surface area contributed by atoms with Crippen molar-refractivity contribution >= 4 is 127 Å². The van der Waals surface area contributed by atoms with Crippen LogP contribution in [-0.2, 0) is 4.57 Å². The molecule has 0 saturated carbocycles. The zero-order valence-electron chi connectivity index (χ0n) is 35.9. The Morgan fingerprint density at radius 3 is 1.22 bits per heavy atom. The lowest BCUT2D eigenvalue weighted by Crippen LogP contribution is -2.26. The third-order valence-electron chi connectivity index (χ3n) is 12.5. The van der Waals surface area contributed by atoms with Crippen LogP contribution >= 0.6 is 23.6 Å². The van der Waals surface area contributed by atoms with Crippen LogP contribution in [0.1, 0.15) is 0 Å². The van der Waals surface area contributed by atoms with Crippen molar-refractivity contribution in [2.45, 2.75) is 0 Å². The third-order valence-corrected chi connectivity index (χ3v) is 17.6. The Labute approximate surface area is 391 Å². The van der Waals surface area contributed by atoms with Crippen LogP contribution in [-0.4, -0.2) is 0 Å². The summed E-state index contributed by atoms with van der Waals surface area (Å²) in [5, 5.41) is 13.2. The average Bonchev–Trinajstić information content (AvgIpc) is 3.67. The lowest BCUT2D eigenvalue weighted by molar-refractivity contribution is 0.500. The summed E-state index contributed by atoms with van der Waals surface area (Å²) in [7, 11) is -8.29. The Balaban J connectivity index is 1.00. The number of hydrogen-bond donors (Lipinski definition) is 0. The van der Waals surface area contributed by atoms with Crippen molar-refractivity contribution < 1.29 is 30.4 Å². The van der Waals surface area contributed by atoms with E-state index in [0.717, 1.165) is 64.6 Å². The Morgan fingerprint density at radius 1 is 0.382 bits per heavy atom. The molecule has 0 aliphatic carbocycles. The first kappa shape index (κ1) is 40.2. The summed E-state index contributed by atoms with van der Waals surface area (Å²) in [6, 6.07) is 75.4. The topological polar surface area (TPSA) is 88.1 Å². The largest absolute Gasteiger partial charge is 0.453 e. The van der Waals surface area contributed by atoms with Crippen molar-refractivity contribution in [1.29, 1.82) is 0 Å². The molecule has 0 fully saturated rings. The summed E-state index contributed by atoms with van der Waals surface area (Å²) >= 11 is 0. The van der Waals surface area contributed by atoms with Gasteiger partial charge in [-0.15, -0.1) is 0 Å². The summed E-state index contributed by atoms with van der Waals surface area (Å²) in [6.07, 6.45) is 0. The van der Waals surface area contributed by atoms with Crippen molar-refractivity contribution in [2.24, 2.45) is 0 Å². The molecule has 0 aliphatic heterocycles. The van der Waals surface area contributed by atoms with Crippen molar-refractivity contribution in [2.75, 3.05) is 0 Å². The lowest BCUT2D eigenvalue weighted by Gasteiger charge is -2.22. The monoisotopic (exact) mass is 936 g/mol. The highest BCUT2D eigenvalue weighted by Gasteiger charge is 2.37. The molecule has 13 aromatic rings. The molecule has 324 valence electrons. The molecule has 10 heteroatoms. The van der Waals surface area contributed by atoms with Gasteiger partial charge < -0.3 is 30.4 Å². The van der Waals surface area contributed by atoms with Crippen molar-refractivity contribution in [3.05, 3.63) is 224 Å². The summed E-state index contributed by atoms with van der Waals surface area (Å²) in [5.74, 6) is 0.576. The van der Waals surface area contributed by atoms with Gasteiger partial charge in [0.25, 0.3) is 0 Å². The summed E-state index contributed by atoms with van der Waals surface area (Å²) in [5.41, 5.74) is 2.45. The van der Waals surface area contributed by atoms with Gasteiger partial charge in [0.2, 0.25) is 0 Å². The zero-order valence-corrected chi connectivity index (χ0v) is 38.6.